The molecular formula is C13H16Cl2N2O2. The van der Waals surface area contributed by atoms with Crippen molar-refractivity contribution in [1.29, 1.82) is 0 Å². The second-order valence-electron chi connectivity index (χ2n) is 4.46. The molecule has 0 bridgehead atoms. The molecule has 1 aliphatic rings. The van der Waals surface area contributed by atoms with E-state index in [1.54, 1.807) is 23.1 Å². The molecule has 6 heteroatoms. The van der Waals surface area contributed by atoms with Crippen molar-refractivity contribution in [3.63, 3.8) is 0 Å². The minimum absolute atomic E-state index is 0.0550. The summed E-state index contributed by atoms with van der Waals surface area (Å²) in [6.07, 6.45) is 0. The van der Waals surface area contributed by atoms with E-state index >= 15 is 0 Å². The molecule has 1 unspecified atom stereocenters. The molecule has 1 N–H and O–H groups in total. The van der Waals surface area contributed by atoms with Crippen molar-refractivity contribution in [3.05, 3.63) is 28.2 Å². The maximum Gasteiger partial charge on any atom is 0.244 e. The summed E-state index contributed by atoms with van der Waals surface area (Å²) in [5, 5.41) is 4.20. The summed E-state index contributed by atoms with van der Waals surface area (Å²) >= 11 is 11.9. The number of ether oxygens (including phenoxy) is 1. The van der Waals surface area contributed by atoms with Gasteiger partial charge in [0.1, 0.15) is 6.04 Å². The lowest BCUT2D eigenvalue weighted by Gasteiger charge is -2.29. The molecule has 19 heavy (non-hydrogen) atoms. The summed E-state index contributed by atoms with van der Waals surface area (Å²) in [6.45, 7) is 4.30. The number of halogens is 2. The zero-order chi connectivity index (χ0) is 13.8. The molecule has 1 atom stereocenters. The highest BCUT2D eigenvalue weighted by Gasteiger charge is 2.22. The van der Waals surface area contributed by atoms with Crippen LogP contribution in [0.25, 0.3) is 0 Å². The van der Waals surface area contributed by atoms with Crippen LogP contribution in [0, 0.1) is 0 Å². The van der Waals surface area contributed by atoms with Gasteiger partial charge >= 0.3 is 0 Å². The molecule has 1 amide bonds. The summed E-state index contributed by atoms with van der Waals surface area (Å²) in [7, 11) is 0. The Balaban J connectivity index is 1.99. The van der Waals surface area contributed by atoms with Gasteiger partial charge in [-0.2, -0.15) is 0 Å². The number of nitrogens with one attached hydrogen (secondary N) is 1. The van der Waals surface area contributed by atoms with Gasteiger partial charge in [-0.15, -0.1) is 0 Å². The molecule has 1 aromatic carbocycles. The third kappa shape index (κ3) is 4.00. The number of nitrogens with zero attached hydrogens (tertiary/aromatic N) is 1. The molecule has 0 saturated carbocycles. The number of anilines is 1. The van der Waals surface area contributed by atoms with Gasteiger partial charge in [0, 0.05) is 28.8 Å². The summed E-state index contributed by atoms with van der Waals surface area (Å²) < 4.78 is 5.23. The van der Waals surface area contributed by atoms with Gasteiger partial charge in [-0.3, -0.25) is 4.79 Å². The highest BCUT2D eigenvalue weighted by atomic mass is 35.5. The van der Waals surface area contributed by atoms with Gasteiger partial charge in [-0.1, -0.05) is 23.2 Å². The summed E-state index contributed by atoms with van der Waals surface area (Å²) in [5.74, 6) is 0.0550. The first-order chi connectivity index (χ1) is 9.06. The predicted octanol–water partition coefficient (Wildman–Crippen LogP) is 2.65. The van der Waals surface area contributed by atoms with Crippen molar-refractivity contribution in [3.8, 4) is 0 Å². The zero-order valence-electron chi connectivity index (χ0n) is 10.7. The van der Waals surface area contributed by atoms with Gasteiger partial charge in [-0.05, 0) is 25.1 Å². The Morgan fingerprint density at radius 2 is 1.84 bits per heavy atom. The first kappa shape index (κ1) is 14.4. The molecule has 2 rings (SSSR count). The lowest BCUT2D eigenvalue weighted by molar-refractivity contribution is -0.135. The third-order valence-corrected chi connectivity index (χ3v) is 3.38. The van der Waals surface area contributed by atoms with E-state index in [0.29, 0.717) is 36.3 Å². The van der Waals surface area contributed by atoms with E-state index in [1.165, 1.54) is 0 Å². The van der Waals surface area contributed by atoms with Crippen LogP contribution in [-0.4, -0.2) is 43.2 Å². The number of morpholine rings is 1. The largest absolute Gasteiger partial charge is 0.378 e. The van der Waals surface area contributed by atoms with Crippen molar-refractivity contribution < 1.29 is 9.53 Å². The van der Waals surface area contributed by atoms with Gasteiger partial charge < -0.3 is 15.0 Å². The standard InChI is InChI=1S/C13H16Cl2N2O2/c1-9(13(18)17-2-4-19-5-3-17)16-12-7-10(14)6-11(15)8-12/h6-9,16H,2-5H2,1H3. The fraction of sp³-hybridized carbons (Fsp3) is 0.462. The van der Waals surface area contributed by atoms with Gasteiger partial charge in [0.15, 0.2) is 0 Å². The maximum absolute atomic E-state index is 12.2. The summed E-state index contributed by atoms with van der Waals surface area (Å²) in [5.41, 5.74) is 0.742. The number of hydrogen-bond donors (Lipinski definition) is 1. The molecular weight excluding hydrogens is 287 g/mol. The van der Waals surface area contributed by atoms with E-state index in [0.717, 1.165) is 5.69 Å². The molecule has 0 aliphatic carbocycles. The van der Waals surface area contributed by atoms with E-state index < -0.39 is 0 Å². The van der Waals surface area contributed by atoms with E-state index in [2.05, 4.69) is 5.32 Å². The Morgan fingerprint density at radius 1 is 1.26 bits per heavy atom. The first-order valence-corrected chi connectivity index (χ1v) is 6.91. The van der Waals surface area contributed by atoms with Gasteiger partial charge in [0.05, 0.1) is 13.2 Å². The smallest absolute Gasteiger partial charge is 0.244 e. The normalized spacial score (nSPS) is 17.1. The van der Waals surface area contributed by atoms with Crippen molar-refractivity contribution in [2.45, 2.75) is 13.0 Å². The van der Waals surface area contributed by atoms with Crippen LogP contribution >= 0.6 is 23.2 Å². The van der Waals surface area contributed by atoms with E-state index in [9.17, 15) is 4.79 Å². The minimum Gasteiger partial charge on any atom is -0.378 e. The maximum atomic E-state index is 12.2. The monoisotopic (exact) mass is 302 g/mol. The van der Waals surface area contributed by atoms with Gasteiger partial charge in [0.25, 0.3) is 0 Å². The molecule has 4 nitrogen and oxygen atoms in total. The van der Waals surface area contributed by atoms with Crippen molar-refractivity contribution in [2.24, 2.45) is 0 Å². The second kappa shape index (κ2) is 6.46. The Bertz CT molecular complexity index is 442. The highest BCUT2D eigenvalue weighted by Crippen LogP contribution is 2.23. The second-order valence-corrected chi connectivity index (χ2v) is 5.33. The van der Waals surface area contributed by atoms with Gasteiger partial charge in [-0.25, -0.2) is 0 Å². The van der Waals surface area contributed by atoms with Crippen LogP contribution in [0.3, 0.4) is 0 Å². The highest BCUT2D eigenvalue weighted by molar-refractivity contribution is 6.35. The van der Waals surface area contributed by atoms with Crippen molar-refractivity contribution >= 4 is 34.8 Å². The van der Waals surface area contributed by atoms with Crippen LogP contribution in [0.4, 0.5) is 5.69 Å². The summed E-state index contributed by atoms with van der Waals surface area (Å²) in [4.78, 5) is 14.0. The Morgan fingerprint density at radius 3 is 2.42 bits per heavy atom. The fourth-order valence-corrected chi connectivity index (χ4v) is 2.53. The SMILES string of the molecule is CC(Nc1cc(Cl)cc(Cl)c1)C(=O)N1CCOCC1. The van der Waals surface area contributed by atoms with Crippen LogP contribution in [0.2, 0.25) is 10.0 Å². The molecule has 1 aromatic rings. The fourth-order valence-electron chi connectivity index (χ4n) is 2.01. The molecule has 0 aromatic heterocycles. The van der Waals surface area contributed by atoms with Crippen LogP contribution < -0.4 is 5.32 Å². The number of rotatable bonds is 3. The molecule has 0 spiro atoms. The summed E-state index contributed by atoms with van der Waals surface area (Å²) in [6, 6.07) is 4.82. The number of amides is 1. The van der Waals surface area contributed by atoms with E-state index in [4.69, 9.17) is 27.9 Å². The Labute approximate surface area is 122 Å². The van der Waals surface area contributed by atoms with E-state index in [1.807, 2.05) is 6.92 Å². The van der Waals surface area contributed by atoms with Crippen LogP contribution in [-0.2, 0) is 9.53 Å². The molecule has 1 saturated heterocycles. The van der Waals surface area contributed by atoms with Crippen molar-refractivity contribution in [2.75, 3.05) is 31.6 Å². The molecule has 0 radical (unpaired) electrons. The first-order valence-electron chi connectivity index (χ1n) is 6.15. The van der Waals surface area contributed by atoms with Gasteiger partial charge in [0.2, 0.25) is 5.91 Å². The number of carbonyl (C=O) groups is 1. The Kier molecular flexibility index (Phi) is 4.91. The van der Waals surface area contributed by atoms with Crippen LogP contribution in [0.15, 0.2) is 18.2 Å². The third-order valence-electron chi connectivity index (χ3n) is 2.94. The number of benzene rings is 1. The average molecular weight is 303 g/mol. The van der Waals surface area contributed by atoms with Crippen molar-refractivity contribution in [1.82, 2.24) is 4.90 Å². The van der Waals surface area contributed by atoms with E-state index in [-0.39, 0.29) is 11.9 Å². The number of hydrogen-bond acceptors (Lipinski definition) is 3. The number of carbonyl (C=O) groups excluding carboxylic acids is 1. The minimum atomic E-state index is -0.326. The zero-order valence-corrected chi connectivity index (χ0v) is 12.2. The lowest BCUT2D eigenvalue weighted by Crippen LogP contribution is -2.46. The lowest BCUT2D eigenvalue weighted by atomic mass is 10.2. The predicted molar refractivity (Wildman–Crippen MR) is 76.9 cm³/mol. The topological polar surface area (TPSA) is 41.6 Å². The quantitative estimate of drug-likeness (QED) is 0.933. The van der Waals surface area contributed by atoms with Crippen LogP contribution in [0.1, 0.15) is 6.92 Å². The molecule has 1 aliphatic heterocycles. The average Bonchev–Trinajstić information content (AvgIpc) is 2.37. The Hall–Kier alpha value is -0.970. The van der Waals surface area contributed by atoms with Crippen LogP contribution in [0.5, 0.6) is 0 Å². The molecule has 1 heterocycles. The molecule has 1 fully saturated rings. The molecule has 104 valence electrons.